The Labute approximate surface area is 497 Å². The molecule has 0 atom stereocenters. The summed E-state index contributed by atoms with van der Waals surface area (Å²) in [6.07, 6.45) is 15.8. The molecule has 0 fully saturated rings. The van der Waals surface area contributed by atoms with Crippen LogP contribution >= 0.6 is 35.7 Å². The predicted molar refractivity (Wildman–Crippen MR) is 319 cm³/mol. The summed E-state index contributed by atoms with van der Waals surface area (Å²) in [5, 5.41) is 47.1. The summed E-state index contributed by atoms with van der Waals surface area (Å²) < 4.78 is 93.2. The van der Waals surface area contributed by atoms with E-state index in [0.717, 1.165) is 86.3 Å². The van der Waals surface area contributed by atoms with Crippen LogP contribution in [0.3, 0.4) is 0 Å². The molecule has 25 heteroatoms. The molecule has 2 heterocycles. The Morgan fingerprint density at radius 3 is 2.02 bits per heavy atom. The number of anilines is 1. The molecule has 83 heavy (non-hydrogen) atoms. The van der Waals surface area contributed by atoms with Crippen molar-refractivity contribution in [3.05, 3.63) is 106 Å². The monoisotopic (exact) mass is 1250 g/mol. The van der Waals surface area contributed by atoms with E-state index in [4.69, 9.17) is 46.1 Å². The van der Waals surface area contributed by atoms with E-state index in [2.05, 4.69) is 69.8 Å². The van der Waals surface area contributed by atoms with Gasteiger partial charge in [-0.1, -0.05) is 53.7 Å². The summed E-state index contributed by atoms with van der Waals surface area (Å²) in [7, 11) is -8.83. The molecule has 0 amide bonds. The van der Waals surface area contributed by atoms with Crippen molar-refractivity contribution < 1.29 is 89.1 Å². The number of hydrogen-bond donors (Lipinski definition) is 6. The predicted octanol–water partition coefficient (Wildman–Crippen LogP) is 13.5. The Hall–Kier alpha value is -5.06. The fourth-order valence-corrected chi connectivity index (χ4v) is 13.6. The van der Waals surface area contributed by atoms with Gasteiger partial charge < -0.3 is 24.6 Å². The summed E-state index contributed by atoms with van der Waals surface area (Å²) in [6.45, 7) is 9.85. The molecule has 452 valence electrons. The molecule has 1 aliphatic carbocycles. The molecule has 20 nitrogen and oxygen atoms in total. The minimum Gasteiger partial charge on any atom is -0.493 e. The number of halogens is 1. The van der Waals surface area contributed by atoms with Gasteiger partial charge in [-0.15, -0.1) is 8.67 Å². The van der Waals surface area contributed by atoms with Crippen LogP contribution in [0.2, 0.25) is 0 Å². The van der Waals surface area contributed by atoms with E-state index in [-0.39, 0.29) is 36.5 Å². The minimum absolute atomic E-state index is 0.0171. The zero-order valence-electron chi connectivity index (χ0n) is 46.8. The molecule has 0 aromatic heterocycles. The van der Waals surface area contributed by atoms with Gasteiger partial charge in [0.2, 0.25) is 5.69 Å². The Morgan fingerprint density at radius 2 is 1.37 bits per heavy atom. The number of carboxylic acids is 2. The third-order valence-corrected chi connectivity index (χ3v) is 18.4. The molecule has 4 aromatic carbocycles. The number of hydrogen-bond acceptors (Lipinski definition) is 17. The van der Waals surface area contributed by atoms with Gasteiger partial charge in [0, 0.05) is 99.3 Å². The van der Waals surface area contributed by atoms with E-state index < -0.39 is 48.8 Å². The summed E-state index contributed by atoms with van der Waals surface area (Å²) in [5.74, 6) is -0.809. The van der Waals surface area contributed by atoms with Crippen LogP contribution in [0.15, 0.2) is 105 Å². The van der Waals surface area contributed by atoms with Crippen molar-refractivity contribution in [2.45, 2.75) is 145 Å². The number of ether oxygens (including phenoxy) is 2. The summed E-state index contributed by atoms with van der Waals surface area (Å²) in [4.78, 5) is 24.8. The highest BCUT2D eigenvalue weighted by molar-refractivity contribution is 7.94. The maximum atomic E-state index is 12.6. The molecule has 0 spiro atoms. The number of aliphatic carboxylic acids is 2. The lowest BCUT2D eigenvalue weighted by molar-refractivity contribution is -0.438. The largest absolute Gasteiger partial charge is 0.493 e. The molecule has 4 aromatic rings. The molecular weight excluding hydrogens is 1180 g/mol. The first-order chi connectivity index (χ1) is 39.5. The van der Waals surface area contributed by atoms with Gasteiger partial charge in [-0.2, -0.15) is 21.4 Å². The number of unbranched alkanes of at least 4 members (excludes halogenated alkanes) is 6. The van der Waals surface area contributed by atoms with Crippen LogP contribution in [0.1, 0.15) is 135 Å². The van der Waals surface area contributed by atoms with Gasteiger partial charge in [0.05, 0.1) is 46.9 Å². The summed E-state index contributed by atoms with van der Waals surface area (Å²) in [6, 6.07) is 14.2. The average Bonchev–Trinajstić information content (AvgIpc) is 1.79. The highest BCUT2D eigenvalue weighted by Crippen LogP contribution is 2.54. The minimum atomic E-state index is -4.64. The number of nitrogens with zero attached hydrogens (tertiary/aromatic N) is 2. The lowest BCUT2D eigenvalue weighted by Crippen LogP contribution is -2.28. The molecule has 6 N–H and O–H groups in total. The summed E-state index contributed by atoms with van der Waals surface area (Å²) >= 11 is 9.24. The Morgan fingerprint density at radius 1 is 0.723 bits per heavy atom. The number of allylic oxidation sites excluding steroid dienone is 8. The second kappa shape index (κ2) is 29.4. The van der Waals surface area contributed by atoms with Crippen LogP contribution in [0.4, 0.5) is 11.4 Å². The van der Waals surface area contributed by atoms with Crippen LogP contribution in [-0.2, 0) is 59.4 Å². The second-order valence-corrected chi connectivity index (χ2v) is 26.6. The Kier molecular flexibility index (Phi) is 23.2. The maximum Gasteiger partial charge on any atom is 0.303 e. The first-order valence-electron chi connectivity index (χ1n) is 27.5. The molecular formula is C58H72ClN2O18S4+. The van der Waals surface area contributed by atoms with Crippen molar-refractivity contribution in [1.29, 1.82) is 0 Å². The van der Waals surface area contributed by atoms with Gasteiger partial charge in [-0.05, 0) is 155 Å². The van der Waals surface area contributed by atoms with E-state index in [0.29, 0.717) is 123 Å². The highest BCUT2D eigenvalue weighted by Gasteiger charge is 2.47. The molecule has 0 unspecified atom stereocenters. The topological polar surface area (TPSA) is 285 Å². The molecule has 0 bridgehead atoms. The number of carboxylic acid groups (broad SMARTS) is 2. The Bertz CT molecular complexity index is 3430. The first kappa shape index (κ1) is 65.5. The third-order valence-electron chi connectivity index (χ3n) is 15.1. The molecule has 0 saturated heterocycles. The second-order valence-electron chi connectivity index (χ2n) is 21.6. The van der Waals surface area contributed by atoms with Crippen molar-refractivity contribution in [2.75, 3.05) is 42.7 Å². The smallest absolute Gasteiger partial charge is 0.303 e. The van der Waals surface area contributed by atoms with Gasteiger partial charge in [0.1, 0.15) is 18.0 Å². The molecule has 0 radical (unpaired) electrons. The molecule has 7 rings (SSSR count). The Balaban J connectivity index is 1.28. The lowest BCUT2D eigenvalue weighted by Gasteiger charge is -2.27. The van der Waals surface area contributed by atoms with Gasteiger partial charge in [0.25, 0.3) is 20.2 Å². The van der Waals surface area contributed by atoms with Crippen molar-refractivity contribution in [2.24, 2.45) is 0 Å². The highest BCUT2D eigenvalue weighted by atomic mass is 35.5. The standard InChI is InChI=1S/C58H71ClN2O18S4/c1-57(2)49(61(29-10-14-33-82(68,69)70)44-24-20-40-34-42(81-79-77-67)36-46(52(40)54(44)57)74-30-11-5-7-18-50(62)63)27-23-39-17-15-16-38(56(39)59)22-26-48-58(3,4)55-45(60(48)28-9-13-32-80-78-76-66)25-21-41-35-43(83(71,72)73)37-47(53(41)55)75-31-12-6-8-19-51(64)65/h20-27,34-37H,5-19,28-33H2,1-4H3,(H5-,62,63,64,65,66,67,68,69,70,71,72,73)/p+1. The number of carbonyl (C=O) groups is 2. The summed E-state index contributed by atoms with van der Waals surface area (Å²) in [5.41, 5.74) is 5.83. The lowest BCUT2D eigenvalue weighted by atomic mass is 9.78. The number of rotatable bonds is 33. The van der Waals surface area contributed by atoms with E-state index in [1.54, 1.807) is 6.07 Å². The van der Waals surface area contributed by atoms with Crippen LogP contribution in [0.5, 0.6) is 11.5 Å². The van der Waals surface area contributed by atoms with Crippen LogP contribution < -0.4 is 14.4 Å². The quantitative estimate of drug-likeness (QED) is 0.00645. The number of fused-ring (bicyclic) bond motifs is 6. The van der Waals surface area contributed by atoms with Gasteiger partial charge in [-0.25, -0.2) is 10.5 Å². The van der Waals surface area contributed by atoms with Crippen molar-refractivity contribution in [3.63, 3.8) is 0 Å². The average molecular weight is 1250 g/mol. The van der Waals surface area contributed by atoms with Gasteiger partial charge in [0.15, 0.2) is 5.71 Å². The first-order valence-corrected chi connectivity index (χ1v) is 32.6. The zero-order valence-corrected chi connectivity index (χ0v) is 50.8. The van der Waals surface area contributed by atoms with Crippen molar-refractivity contribution in [1.82, 2.24) is 0 Å². The normalized spacial score (nSPS) is 17.0. The number of benzene rings is 4. The molecule has 2 aliphatic heterocycles. The van der Waals surface area contributed by atoms with E-state index >= 15 is 0 Å². The van der Waals surface area contributed by atoms with E-state index in [1.165, 1.54) is 12.1 Å². The van der Waals surface area contributed by atoms with E-state index in [9.17, 15) is 35.5 Å². The fraction of sp³-hybridized carbons (Fsp3) is 0.466. The SMILES string of the molecule is CC1(C)C(/C=C/C2=C(Cl)C(=C/C=C3/N(CCCCSOOO)c4ccc5cc(S(=O)(=O)O)cc(OCCCCCC(=O)O)c5c4C3(C)C)/CCC2)=[N+](CCCCS(=O)(=O)O)c2ccc3cc(SOOO)cc(OCCCCCC(=O)O)c3c21. The van der Waals surface area contributed by atoms with E-state index in [1.807, 2.05) is 36.4 Å². The third kappa shape index (κ3) is 16.7. The fourth-order valence-electron chi connectivity index (χ4n) is 11.3. The van der Waals surface area contributed by atoms with Crippen molar-refractivity contribution in [3.8, 4) is 11.5 Å². The van der Waals surface area contributed by atoms with Crippen molar-refractivity contribution >= 4 is 106 Å². The molecule has 3 aliphatic rings. The van der Waals surface area contributed by atoms with Crippen LogP contribution in [0, 0.1) is 0 Å². The molecule has 0 saturated carbocycles. The zero-order chi connectivity index (χ0) is 60.1. The van der Waals surface area contributed by atoms with Crippen LogP contribution in [0.25, 0.3) is 21.5 Å². The van der Waals surface area contributed by atoms with Gasteiger partial charge >= 0.3 is 11.9 Å². The maximum absolute atomic E-state index is 12.6. The van der Waals surface area contributed by atoms with Gasteiger partial charge in [-0.3, -0.25) is 18.7 Å². The van der Waals surface area contributed by atoms with Crippen LogP contribution in [-0.4, -0.2) is 107 Å².